The maximum absolute atomic E-state index is 13.0. The average Bonchev–Trinajstić information content (AvgIpc) is 3.38. The number of piperazine rings is 1. The third-order valence-electron chi connectivity index (χ3n) is 7.17. The first-order chi connectivity index (χ1) is 14.7. The summed E-state index contributed by atoms with van der Waals surface area (Å²) in [6.07, 6.45) is 10.7. The van der Waals surface area contributed by atoms with Gasteiger partial charge in [-0.3, -0.25) is 4.79 Å². The van der Waals surface area contributed by atoms with Crippen molar-refractivity contribution in [2.75, 3.05) is 26.2 Å². The Hall–Kier alpha value is -2.29. The highest BCUT2D eigenvalue weighted by atomic mass is 16.2. The van der Waals surface area contributed by atoms with Crippen LogP contribution >= 0.6 is 0 Å². The molecule has 3 atom stereocenters. The van der Waals surface area contributed by atoms with Crippen LogP contribution in [0.25, 0.3) is 0 Å². The van der Waals surface area contributed by atoms with E-state index < -0.39 is 0 Å². The van der Waals surface area contributed by atoms with Crippen molar-refractivity contribution in [3.8, 4) is 0 Å². The van der Waals surface area contributed by atoms with Gasteiger partial charge in [-0.1, -0.05) is 19.3 Å². The molecule has 164 valence electrons. The quantitative estimate of drug-likeness (QED) is 0.528. The van der Waals surface area contributed by atoms with Gasteiger partial charge in [-0.25, -0.2) is 9.98 Å². The average molecular weight is 415 g/mol. The molecule has 3 fully saturated rings. The normalized spacial score (nSPS) is 32.1. The van der Waals surface area contributed by atoms with E-state index in [1.54, 1.807) is 0 Å². The molecule has 0 bridgehead atoms. The van der Waals surface area contributed by atoms with E-state index in [9.17, 15) is 4.79 Å². The van der Waals surface area contributed by atoms with E-state index in [1.807, 2.05) is 11.1 Å². The molecule has 3 aliphatic heterocycles. The monoisotopic (exact) mass is 414 g/mol. The number of amides is 1. The molecular formula is C21H34N8O. The summed E-state index contributed by atoms with van der Waals surface area (Å²) >= 11 is 0. The highest BCUT2D eigenvalue weighted by Gasteiger charge is 2.43. The van der Waals surface area contributed by atoms with Crippen LogP contribution in [-0.4, -0.2) is 72.1 Å². The highest BCUT2D eigenvalue weighted by molar-refractivity contribution is 5.87. The van der Waals surface area contributed by atoms with Gasteiger partial charge in [0.15, 0.2) is 18.1 Å². The number of guanidine groups is 2. The first kappa shape index (κ1) is 19.7. The Kier molecular flexibility index (Phi) is 5.54. The minimum Gasteiger partial charge on any atom is -0.369 e. The predicted octanol–water partition coefficient (Wildman–Crippen LogP) is 0.266. The van der Waals surface area contributed by atoms with Crippen LogP contribution in [0.15, 0.2) is 21.9 Å². The van der Waals surface area contributed by atoms with Crippen LogP contribution in [0, 0.1) is 5.92 Å². The highest BCUT2D eigenvalue weighted by Crippen LogP contribution is 2.36. The van der Waals surface area contributed by atoms with Crippen LogP contribution in [0.1, 0.15) is 51.4 Å². The Bertz CT molecular complexity index is 750. The van der Waals surface area contributed by atoms with E-state index in [-0.39, 0.29) is 18.1 Å². The fourth-order valence-corrected chi connectivity index (χ4v) is 5.54. The number of aliphatic imine (C=N–C) groups is 2. The summed E-state index contributed by atoms with van der Waals surface area (Å²) < 4.78 is 0. The molecule has 5 rings (SSSR count). The van der Waals surface area contributed by atoms with Gasteiger partial charge in [0, 0.05) is 50.4 Å². The third kappa shape index (κ3) is 3.87. The molecule has 0 aromatic heterocycles. The van der Waals surface area contributed by atoms with E-state index in [2.05, 4.69) is 25.8 Å². The van der Waals surface area contributed by atoms with Crippen LogP contribution in [0.2, 0.25) is 0 Å². The lowest BCUT2D eigenvalue weighted by Crippen LogP contribution is -2.51. The van der Waals surface area contributed by atoms with E-state index in [1.165, 1.54) is 32.1 Å². The molecule has 0 aromatic carbocycles. The summed E-state index contributed by atoms with van der Waals surface area (Å²) in [6, 6.07) is 0.694. The molecule has 0 aromatic rings. The predicted molar refractivity (Wildman–Crippen MR) is 116 cm³/mol. The van der Waals surface area contributed by atoms with Gasteiger partial charge < -0.3 is 31.5 Å². The SMILES string of the molecule is NC1=NC2=CNC(NC3CCCCC3)=NC2N1[C@H]1CC[C@@H](C(=O)N2CCNCC2)C1. The lowest BCUT2D eigenvalue weighted by molar-refractivity contribution is -0.136. The van der Waals surface area contributed by atoms with Gasteiger partial charge >= 0.3 is 0 Å². The molecule has 2 saturated carbocycles. The smallest absolute Gasteiger partial charge is 0.225 e. The summed E-state index contributed by atoms with van der Waals surface area (Å²) in [4.78, 5) is 26.6. The van der Waals surface area contributed by atoms with Crippen molar-refractivity contribution < 1.29 is 4.79 Å². The molecule has 0 spiro atoms. The Morgan fingerprint density at radius 3 is 2.73 bits per heavy atom. The van der Waals surface area contributed by atoms with E-state index >= 15 is 0 Å². The van der Waals surface area contributed by atoms with Gasteiger partial charge in [-0.15, -0.1) is 0 Å². The van der Waals surface area contributed by atoms with Crippen molar-refractivity contribution in [3.63, 3.8) is 0 Å². The van der Waals surface area contributed by atoms with Crippen LogP contribution in [0.4, 0.5) is 0 Å². The number of fused-ring (bicyclic) bond motifs is 1. The van der Waals surface area contributed by atoms with E-state index in [0.717, 1.165) is 57.1 Å². The van der Waals surface area contributed by atoms with Crippen molar-refractivity contribution in [3.05, 3.63) is 11.9 Å². The number of nitrogens with two attached hydrogens (primary N) is 1. The molecule has 0 radical (unpaired) electrons. The number of carbonyl (C=O) groups is 1. The standard InChI is InChI=1S/C21H34N8O/c22-20-26-17-13-24-21(25-15-4-2-1-3-5-15)27-18(17)29(20)16-7-6-14(12-16)19(30)28-10-8-23-9-11-28/h13-16,18,23H,1-12H2,(H2,22,26)(H2,24,25,27)/t14-,16+,18?/m1/s1. The number of hydrogen-bond donors (Lipinski definition) is 4. The van der Waals surface area contributed by atoms with Crippen molar-refractivity contribution >= 4 is 17.8 Å². The van der Waals surface area contributed by atoms with Crippen molar-refractivity contribution in [1.82, 2.24) is 25.8 Å². The first-order valence-electron chi connectivity index (χ1n) is 11.6. The number of carbonyl (C=O) groups excluding carboxylic acids is 1. The Morgan fingerprint density at radius 1 is 1.13 bits per heavy atom. The largest absolute Gasteiger partial charge is 0.369 e. The van der Waals surface area contributed by atoms with Gasteiger partial charge in [-0.05, 0) is 32.1 Å². The van der Waals surface area contributed by atoms with E-state index in [0.29, 0.717) is 17.9 Å². The summed E-state index contributed by atoms with van der Waals surface area (Å²) in [5, 5.41) is 10.2. The van der Waals surface area contributed by atoms with Crippen molar-refractivity contribution in [2.45, 2.75) is 69.6 Å². The molecule has 9 heteroatoms. The zero-order valence-corrected chi connectivity index (χ0v) is 17.6. The molecule has 1 amide bonds. The topological polar surface area (TPSA) is 110 Å². The number of hydrogen-bond acceptors (Lipinski definition) is 8. The molecule has 30 heavy (non-hydrogen) atoms. The van der Waals surface area contributed by atoms with Crippen LogP contribution in [-0.2, 0) is 4.79 Å². The van der Waals surface area contributed by atoms with Gasteiger partial charge in [0.25, 0.3) is 0 Å². The lowest BCUT2D eigenvalue weighted by atomic mass is 9.96. The Labute approximate surface area is 178 Å². The second kappa shape index (κ2) is 8.45. The number of rotatable bonds is 3. The number of nitrogens with one attached hydrogen (secondary N) is 3. The molecule has 1 saturated heterocycles. The fraction of sp³-hybridized carbons (Fsp3) is 0.762. The second-order valence-electron chi connectivity index (χ2n) is 9.16. The third-order valence-corrected chi connectivity index (χ3v) is 7.17. The van der Waals surface area contributed by atoms with Crippen molar-refractivity contribution in [2.24, 2.45) is 21.6 Å². The van der Waals surface area contributed by atoms with E-state index in [4.69, 9.17) is 10.7 Å². The van der Waals surface area contributed by atoms with Crippen LogP contribution < -0.4 is 21.7 Å². The number of nitrogens with zero attached hydrogens (tertiary/aromatic N) is 4. The minimum atomic E-state index is -0.185. The summed E-state index contributed by atoms with van der Waals surface area (Å²) in [5.41, 5.74) is 7.19. The second-order valence-corrected chi connectivity index (χ2v) is 9.16. The molecular weight excluding hydrogens is 380 g/mol. The zero-order chi connectivity index (χ0) is 20.5. The minimum absolute atomic E-state index is 0.0828. The van der Waals surface area contributed by atoms with Gasteiger partial charge in [0.05, 0.1) is 0 Å². The molecule has 2 aliphatic carbocycles. The maximum Gasteiger partial charge on any atom is 0.225 e. The summed E-state index contributed by atoms with van der Waals surface area (Å²) in [6.45, 7) is 3.41. The van der Waals surface area contributed by atoms with Gasteiger partial charge in [-0.2, -0.15) is 0 Å². The van der Waals surface area contributed by atoms with Crippen LogP contribution in [0.5, 0.6) is 0 Å². The zero-order valence-electron chi connectivity index (χ0n) is 17.6. The summed E-state index contributed by atoms with van der Waals surface area (Å²) in [5.74, 6) is 1.73. The Balaban J connectivity index is 1.24. The molecule has 5 aliphatic rings. The first-order valence-corrected chi connectivity index (χ1v) is 11.6. The summed E-state index contributed by atoms with van der Waals surface area (Å²) in [7, 11) is 0. The molecule has 1 unspecified atom stereocenters. The fourth-order valence-electron chi connectivity index (χ4n) is 5.54. The molecule has 9 nitrogen and oxygen atoms in total. The molecule has 3 heterocycles. The Morgan fingerprint density at radius 2 is 1.93 bits per heavy atom. The molecule has 5 N–H and O–H groups in total. The van der Waals surface area contributed by atoms with Crippen molar-refractivity contribution in [1.29, 1.82) is 0 Å². The van der Waals surface area contributed by atoms with Crippen LogP contribution in [0.3, 0.4) is 0 Å². The lowest BCUT2D eigenvalue weighted by Gasteiger charge is -2.33. The van der Waals surface area contributed by atoms with Gasteiger partial charge in [0.2, 0.25) is 5.91 Å². The maximum atomic E-state index is 13.0. The van der Waals surface area contributed by atoms with Gasteiger partial charge in [0.1, 0.15) is 5.70 Å².